The number of ether oxygens (including phenoxy) is 2. The van der Waals surface area contributed by atoms with E-state index in [0.29, 0.717) is 12.8 Å². The van der Waals surface area contributed by atoms with Crippen LogP contribution in [0.5, 0.6) is 0 Å². The number of carbonyl (C=O) groups is 1. The highest BCUT2D eigenvalue weighted by molar-refractivity contribution is 7.80. The van der Waals surface area contributed by atoms with Crippen molar-refractivity contribution in [1.82, 2.24) is 5.32 Å². The second-order valence-corrected chi connectivity index (χ2v) is 20.6. The summed E-state index contributed by atoms with van der Waals surface area (Å²) in [5.41, 5.74) is 0. The van der Waals surface area contributed by atoms with Crippen LogP contribution < -0.4 is 5.32 Å². The molecule has 0 spiro atoms. The molecule has 1 saturated heterocycles. The molecule has 66 heavy (non-hydrogen) atoms. The number of carbonyl (C=O) groups excluding carboxylic acids is 1. The first-order valence-electron chi connectivity index (χ1n) is 27.6. The molecule has 1 rings (SSSR count). The maximum atomic E-state index is 13.1. The van der Waals surface area contributed by atoms with Crippen LogP contribution in [0.15, 0.2) is 12.2 Å². The lowest BCUT2D eigenvalue weighted by molar-refractivity contribution is -0.298. The smallest absolute Gasteiger partial charge is 0.394 e. The summed E-state index contributed by atoms with van der Waals surface area (Å²) in [6.07, 6.45) is 42.1. The minimum absolute atomic E-state index is 0.235. The summed E-state index contributed by atoms with van der Waals surface area (Å²) in [5, 5.41) is 45.0. The number of hydrogen-bond acceptors (Lipinski definition) is 10. The molecule has 392 valence electrons. The van der Waals surface area contributed by atoms with Gasteiger partial charge < -0.3 is 35.2 Å². The molecule has 0 bridgehead atoms. The van der Waals surface area contributed by atoms with Gasteiger partial charge in [-0.1, -0.05) is 231 Å². The fourth-order valence-corrected chi connectivity index (χ4v) is 9.55. The Morgan fingerprint density at radius 1 is 0.591 bits per heavy atom. The van der Waals surface area contributed by atoms with E-state index >= 15 is 0 Å². The van der Waals surface area contributed by atoms with Crippen molar-refractivity contribution in [3.63, 3.8) is 0 Å². The van der Waals surface area contributed by atoms with Gasteiger partial charge in [0.25, 0.3) is 0 Å². The minimum atomic E-state index is -5.08. The van der Waals surface area contributed by atoms with Crippen LogP contribution in [0.4, 0.5) is 0 Å². The van der Waals surface area contributed by atoms with Crippen LogP contribution in [0.25, 0.3) is 0 Å². The Morgan fingerprint density at radius 2 is 0.970 bits per heavy atom. The second kappa shape index (κ2) is 43.8. The Labute approximate surface area is 404 Å². The summed E-state index contributed by atoms with van der Waals surface area (Å²) in [6.45, 7) is 3.47. The van der Waals surface area contributed by atoms with Gasteiger partial charge in [-0.2, -0.15) is 8.42 Å². The van der Waals surface area contributed by atoms with Gasteiger partial charge in [0, 0.05) is 6.42 Å². The highest BCUT2D eigenvalue weighted by Gasteiger charge is 2.48. The maximum Gasteiger partial charge on any atom is 0.397 e. The molecule has 1 aliphatic rings. The molecule has 0 aliphatic carbocycles. The van der Waals surface area contributed by atoms with E-state index in [2.05, 4.69) is 35.5 Å². The SMILES string of the molecule is CCCCCCCCC/C=C\CCCCCCCC(=O)NC(COC1OC(CO)C(O)C(OS(=O)(=O)O)C1O)C(O)CCCCCCCCCCCCCCCCCCCCCCCCC. The van der Waals surface area contributed by atoms with Crippen LogP contribution in [0.2, 0.25) is 0 Å². The number of hydrogen-bond donors (Lipinski definition) is 6. The standard InChI is InChI=1S/C53H103NO11S/c1-3-5-7-9-11-13-15-17-19-21-22-23-24-25-26-27-28-30-32-34-36-38-40-42-47(56)46(45-63-53-51(59)52(65-66(60,61)62)50(58)48(44-55)64-53)54-49(57)43-41-39-37-35-33-31-29-20-18-16-14-12-10-8-6-4-2/h20,29,46-48,50-53,55-56,58-59H,3-19,21-28,30-45H2,1-2H3,(H,54,57)(H,60,61,62)/b29-20-. The van der Waals surface area contributed by atoms with Gasteiger partial charge in [-0.15, -0.1) is 0 Å². The molecule has 0 aromatic heterocycles. The number of aliphatic hydroxyl groups is 4. The Morgan fingerprint density at radius 3 is 1.36 bits per heavy atom. The average Bonchev–Trinajstić information content (AvgIpc) is 3.29. The number of allylic oxidation sites excluding steroid dienone is 2. The minimum Gasteiger partial charge on any atom is -0.394 e. The highest BCUT2D eigenvalue weighted by Crippen LogP contribution is 2.26. The third kappa shape index (κ3) is 35.9. The normalized spacial score (nSPS) is 20.0. The van der Waals surface area contributed by atoms with Crippen LogP contribution in [0.1, 0.15) is 264 Å². The average molecular weight is 962 g/mol. The fraction of sp³-hybridized carbons (Fsp3) is 0.943. The first-order valence-corrected chi connectivity index (χ1v) is 28.9. The maximum absolute atomic E-state index is 13.1. The summed E-state index contributed by atoms with van der Waals surface area (Å²) in [5.74, 6) is -0.235. The van der Waals surface area contributed by atoms with Crippen LogP contribution in [-0.2, 0) is 28.9 Å². The quantitative estimate of drug-likeness (QED) is 0.0193. The Bertz CT molecular complexity index is 1220. The van der Waals surface area contributed by atoms with Gasteiger partial charge in [0.05, 0.1) is 25.4 Å². The molecular formula is C53H103NO11S. The lowest BCUT2D eigenvalue weighted by Crippen LogP contribution is -2.61. The van der Waals surface area contributed by atoms with E-state index in [-0.39, 0.29) is 18.9 Å². The molecule has 7 atom stereocenters. The van der Waals surface area contributed by atoms with Crippen molar-refractivity contribution < 1.29 is 51.8 Å². The van der Waals surface area contributed by atoms with Gasteiger partial charge in [0.2, 0.25) is 5.91 Å². The van der Waals surface area contributed by atoms with Gasteiger partial charge in [-0.25, -0.2) is 4.18 Å². The van der Waals surface area contributed by atoms with Crippen LogP contribution in [0.3, 0.4) is 0 Å². The van der Waals surface area contributed by atoms with Gasteiger partial charge in [-0.05, 0) is 38.5 Å². The van der Waals surface area contributed by atoms with Crippen molar-refractivity contribution in [2.24, 2.45) is 0 Å². The molecule has 0 aromatic carbocycles. The highest BCUT2D eigenvalue weighted by atomic mass is 32.3. The first kappa shape index (κ1) is 62.9. The lowest BCUT2D eigenvalue weighted by atomic mass is 9.99. The Balaban J connectivity index is 2.37. The zero-order chi connectivity index (χ0) is 48.4. The molecule has 1 amide bonds. The summed E-state index contributed by atoms with van der Waals surface area (Å²) < 4.78 is 47.8. The second-order valence-electron chi connectivity index (χ2n) is 19.5. The van der Waals surface area contributed by atoms with Crippen molar-refractivity contribution in [1.29, 1.82) is 0 Å². The van der Waals surface area contributed by atoms with Gasteiger partial charge >= 0.3 is 10.4 Å². The number of unbranched alkanes of at least 4 members (excludes halogenated alkanes) is 34. The van der Waals surface area contributed by atoms with E-state index < -0.39 is 59.9 Å². The third-order valence-corrected chi connectivity index (χ3v) is 13.8. The molecular weight excluding hydrogens is 859 g/mol. The summed E-state index contributed by atoms with van der Waals surface area (Å²) in [7, 11) is -5.08. The van der Waals surface area contributed by atoms with E-state index in [1.165, 1.54) is 167 Å². The van der Waals surface area contributed by atoms with Gasteiger partial charge in [0.1, 0.15) is 24.4 Å². The lowest BCUT2D eigenvalue weighted by Gasteiger charge is -2.41. The van der Waals surface area contributed by atoms with Crippen molar-refractivity contribution in [3.8, 4) is 0 Å². The van der Waals surface area contributed by atoms with Crippen LogP contribution in [-0.4, -0.2) is 95.4 Å². The third-order valence-electron chi connectivity index (χ3n) is 13.3. The number of amides is 1. The predicted molar refractivity (Wildman–Crippen MR) is 269 cm³/mol. The largest absolute Gasteiger partial charge is 0.397 e. The van der Waals surface area contributed by atoms with E-state index in [0.717, 1.165) is 64.2 Å². The molecule has 13 heteroatoms. The van der Waals surface area contributed by atoms with E-state index in [1.54, 1.807) is 0 Å². The molecule has 0 aromatic rings. The Kier molecular flexibility index (Phi) is 41.7. The molecule has 1 fully saturated rings. The van der Waals surface area contributed by atoms with E-state index in [1.807, 2.05) is 0 Å². The van der Waals surface area contributed by atoms with Crippen molar-refractivity contribution in [2.45, 2.75) is 307 Å². The topological polar surface area (TPSA) is 192 Å². The molecule has 1 aliphatic heterocycles. The summed E-state index contributed by atoms with van der Waals surface area (Å²) >= 11 is 0. The zero-order valence-electron chi connectivity index (χ0n) is 42.3. The van der Waals surface area contributed by atoms with Gasteiger partial charge in [-0.3, -0.25) is 9.35 Å². The van der Waals surface area contributed by atoms with Crippen molar-refractivity contribution in [2.75, 3.05) is 13.2 Å². The number of aliphatic hydroxyl groups excluding tert-OH is 4. The number of nitrogens with one attached hydrogen (secondary N) is 1. The summed E-state index contributed by atoms with van der Waals surface area (Å²) in [6, 6.07) is -0.860. The molecule has 0 saturated carbocycles. The first-order chi connectivity index (χ1) is 32.0. The van der Waals surface area contributed by atoms with Gasteiger partial charge in [0.15, 0.2) is 6.29 Å². The molecule has 7 unspecified atom stereocenters. The van der Waals surface area contributed by atoms with Crippen molar-refractivity contribution >= 4 is 16.3 Å². The number of rotatable bonds is 48. The zero-order valence-corrected chi connectivity index (χ0v) is 43.1. The molecule has 12 nitrogen and oxygen atoms in total. The molecule has 1 heterocycles. The Hall–Kier alpha value is -1.16. The van der Waals surface area contributed by atoms with Crippen LogP contribution in [0, 0.1) is 0 Å². The molecule has 0 radical (unpaired) electrons. The van der Waals surface area contributed by atoms with E-state index in [4.69, 9.17) is 9.47 Å². The summed E-state index contributed by atoms with van der Waals surface area (Å²) in [4.78, 5) is 13.1. The fourth-order valence-electron chi connectivity index (χ4n) is 9.04. The predicted octanol–water partition coefficient (Wildman–Crippen LogP) is 12.3. The monoisotopic (exact) mass is 962 g/mol. The van der Waals surface area contributed by atoms with Crippen molar-refractivity contribution in [3.05, 3.63) is 12.2 Å². The molecule has 6 N–H and O–H groups in total. The van der Waals surface area contributed by atoms with Crippen LogP contribution >= 0.6 is 0 Å². The van der Waals surface area contributed by atoms with E-state index in [9.17, 15) is 38.2 Å².